The molecular weight excluding hydrogens is 238 g/mol. The van der Waals surface area contributed by atoms with Crippen molar-refractivity contribution >= 4 is 17.2 Å². The average Bonchev–Trinajstić information content (AvgIpc) is 2.26. The van der Waals surface area contributed by atoms with Gasteiger partial charge in [-0.1, -0.05) is 60.1 Å². The second-order valence-electron chi connectivity index (χ2n) is 5.76. The Bertz CT molecular complexity index is 166. The molecule has 0 unspecified atom stereocenters. The fourth-order valence-corrected chi connectivity index (χ4v) is 14.9. The first-order valence-electron chi connectivity index (χ1n) is 7.84. The zero-order valence-corrected chi connectivity index (χ0v) is 15.3. The van der Waals surface area contributed by atoms with E-state index in [0.717, 1.165) is 0 Å². The van der Waals surface area contributed by atoms with Crippen molar-refractivity contribution < 1.29 is 0 Å². The van der Waals surface area contributed by atoms with Crippen LogP contribution in [0.1, 0.15) is 53.4 Å². The zero-order valence-electron chi connectivity index (χ0n) is 13.2. The van der Waals surface area contributed by atoms with Gasteiger partial charge in [0.15, 0.2) is 0 Å². The third-order valence-corrected chi connectivity index (χ3v) is 14.3. The number of hydrogen-bond donors (Lipinski definition) is 0. The van der Waals surface area contributed by atoms with Crippen molar-refractivity contribution in [3.63, 3.8) is 0 Å². The van der Waals surface area contributed by atoms with Gasteiger partial charge in [0.2, 0.25) is 0 Å². The first-order valence-corrected chi connectivity index (χ1v) is 13.2. The lowest BCUT2D eigenvalue weighted by molar-refractivity contribution is 0.585. The van der Waals surface area contributed by atoms with Crippen LogP contribution in [0.5, 0.6) is 0 Å². The van der Waals surface area contributed by atoms with Crippen LogP contribution in [0.4, 0.5) is 0 Å². The van der Waals surface area contributed by atoms with E-state index < -0.39 is 17.2 Å². The summed E-state index contributed by atoms with van der Waals surface area (Å²) in [5, 5.41) is 0. The van der Waals surface area contributed by atoms with E-state index in [4.69, 9.17) is 0 Å². The summed E-state index contributed by atoms with van der Waals surface area (Å²) in [4.78, 5) is 0. The lowest BCUT2D eigenvalue weighted by atomic mass is 10.5. The summed E-state index contributed by atoms with van der Waals surface area (Å²) >= 11 is 0. The molecule has 1 nitrogen and oxygen atoms in total. The summed E-state index contributed by atoms with van der Waals surface area (Å²) in [5.74, 6) is 0. The van der Waals surface area contributed by atoms with Gasteiger partial charge in [-0.2, -0.15) is 0 Å². The Morgan fingerprint density at radius 3 is 1.41 bits per heavy atom. The average molecular weight is 274 g/mol. The van der Waals surface area contributed by atoms with Gasteiger partial charge in [-0.3, -0.25) is 0 Å². The van der Waals surface area contributed by atoms with Gasteiger partial charge in [-0.15, -0.1) is 0 Å². The molecule has 0 aliphatic heterocycles. The first kappa shape index (κ1) is 17.4. The smallest absolute Gasteiger partial charge is 0.121 e. The maximum Gasteiger partial charge on any atom is 0.121 e. The minimum Gasteiger partial charge on any atom is -0.348 e. The molecule has 0 aromatic rings. The number of rotatable bonds is 10. The summed E-state index contributed by atoms with van der Waals surface area (Å²) in [5.41, 5.74) is 0. The highest BCUT2D eigenvalue weighted by atomic mass is 28.4. The van der Waals surface area contributed by atoms with Gasteiger partial charge in [0.05, 0.1) is 8.96 Å². The molecule has 0 atom stereocenters. The highest BCUT2D eigenvalue weighted by molar-refractivity contribution is 6.85. The Balaban J connectivity index is 5.01. The van der Waals surface area contributed by atoms with Crippen LogP contribution in [0.15, 0.2) is 0 Å². The van der Waals surface area contributed by atoms with Gasteiger partial charge < -0.3 is 4.23 Å². The van der Waals surface area contributed by atoms with Crippen molar-refractivity contribution in [1.29, 1.82) is 0 Å². The molecule has 0 N–H and O–H groups in total. The Morgan fingerprint density at radius 1 is 0.765 bits per heavy atom. The molecule has 0 aliphatic rings. The number of hydrogen-bond acceptors (Lipinski definition) is 1. The van der Waals surface area contributed by atoms with Crippen LogP contribution in [-0.2, 0) is 0 Å². The summed E-state index contributed by atoms with van der Waals surface area (Å²) in [6, 6.07) is 4.62. The van der Waals surface area contributed by atoms with Crippen LogP contribution < -0.4 is 0 Å². The second-order valence-corrected chi connectivity index (χ2v) is 13.6. The van der Waals surface area contributed by atoms with Crippen LogP contribution in [0.2, 0.25) is 31.2 Å². The Labute approximate surface area is 113 Å². The first-order chi connectivity index (χ1) is 8.07. The van der Waals surface area contributed by atoms with E-state index in [-0.39, 0.29) is 0 Å². The molecule has 0 saturated carbocycles. The summed E-state index contributed by atoms with van der Waals surface area (Å²) in [7, 11) is -1.74. The van der Waals surface area contributed by atoms with Gasteiger partial charge in [-0.25, -0.2) is 0 Å². The molecule has 0 amide bonds. The standard InChI is InChI=1S/C14H35NSi2/c1-7-11-15(16(5)6)17(12-8-2,13-9-3)14-10-4/h16H,7-14H2,1-6H3. The molecule has 17 heavy (non-hydrogen) atoms. The molecule has 0 spiro atoms. The van der Waals surface area contributed by atoms with E-state index >= 15 is 0 Å². The molecule has 0 aromatic carbocycles. The van der Waals surface area contributed by atoms with E-state index in [9.17, 15) is 0 Å². The van der Waals surface area contributed by atoms with Crippen LogP contribution in [0.25, 0.3) is 0 Å². The molecule has 0 aromatic heterocycles. The largest absolute Gasteiger partial charge is 0.348 e. The molecule has 3 heteroatoms. The third kappa shape index (κ3) is 5.27. The fraction of sp³-hybridized carbons (Fsp3) is 1.00. The molecule has 0 heterocycles. The predicted molar refractivity (Wildman–Crippen MR) is 86.9 cm³/mol. The zero-order chi connectivity index (χ0) is 13.3. The van der Waals surface area contributed by atoms with Gasteiger partial charge >= 0.3 is 0 Å². The van der Waals surface area contributed by atoms with Crippen LogP contribution in [0, 0.1) is 0 Å². The van der Waals surface area contributed by atoms with Crippen molar-refractivity contribution in [3.05, 3.63) is 0 Å². The van der Waals surface area contributed by atoms with E-state index in [1.54, 1.807) is 18.1 Å². The normalized spacial score (nSPS) is 12.7. The Hall–Kier alpha value is 0.394. The highest BCUT2D eigenvalue weighted by Gasteiger charge is 2.37. The minimum atomic E-state index is -1.11. The monoisotopic (exact) mass is 273 g/mol. The minimum absolute atomic E-state index is 0.628. The van der Waals surface area contributed by atoms with Gasteiger partial charge in [-0.05, 0) is 31.1 Å². The highest BCUT2D eigenvalue weighted by Crippen LogP contribution is 2.31. The lowest BCUT2D eigenvalue weighted by Crippen LogP contribution is -2.58. The van der Waals surface area contributed by atoms with Gasteiger partial charge in [0.25, 0.3) is 0 Å². The van der Waals surface area contributed by atoms with Crippen molar-refractivity contribution in [3.8, 4) is 0 Å². The van der Waals surface area contributed by atoms with E-state index in [1.807, 2.05) is 0 Å². The molecule has 0 bridgehead atoms. The predicted octanol–water partition coefficient (Wildman–Crippen LogP) is 4.86. The topological polar surface area (TPSA) is 3.24 Å². The molecule has 104 valence electrons. The SMILES string of the molecule is CCCN([SiH](C)C)[Si](CCC)(CCC)CCC. The van der Waals surface area contributed by atoms with E-state index in [1.165, 1.54) is 32.2 Å². The quantitative estimate of drug-likeness (QED) is 0.514. The summed E-state index contributed by atoms with van der Waals surface area (Å²) in [6.45, 7) is 16.0. The van der Waals surface area contributed by atoms with Gasteiger partial charge in [0, 0.05) is 0 Å². The molecule has 0 aliphatic carbocycles. The maximum atomic E-state index is 3.07. The van der Waals surface area contributed by atoms with Crippen molar-refractivity contribution in [2.45, 2.75) is 84.6 Å². The molecule has 0 fully saturated rings. The van der Waals surface area contributed by atoms with E-state index in [0.29, 0.717) is 0 Å². The second kappa shape index (κ2) is 9.34. The third-order valence-electron chi connectivity index (χ3n) is 3.84. The van der Waals surface area contributed by atoms with Gasteiger partial charge in [0.1, 0.15) is 8.24 Å². The summed E-state index contributed by atoms with van der Waals surface area (Å²) < 4.78 is 3.07. The summed E-state index contributed by atoms with van der Waals surface area (Å²) in [6.07, 6.45) is 5.53. The molecule has 0 radical (unpaired) electrons. The fourth-order valence-electron chi connectivity index (χ4n) is 3.49. The lowest BCUT2D eigenvalue weighted by Gasteiger charge is -2.45. The van der Waals surface area contributed by atoms with Crippen molar-refractivity contribution in [1.82, 2.24) is 4.23 Å². The molecule has 0 rings (SSSR count). The van der Waals surface area contributed by atoms with Crippen molar-refractivity contribution in [2.75, 3.05) is 6.54 Å². The van der Waals surface area contributed by atoms with E-state index in [2.05, 4.69) is 45.0 Å². The molecular formula is C14H35NSi2. The Morgan fingerprint density at radius 2 is 1.18 bits per heavy atom. The van der Waals surface area contributed by atoms with Crippen LogP contribution >= 0.6 is 0 Å². The maximum absolute atomic E-state index is 3.07. The Kier molecular flexibility index (Phi) is 9.56. The number of nitrogens with zero attached hydrogens (tertiary/aromatic N) is 1. The van der Waals surface area contributed by atoms with Crippen LogP contribution in [-0.4, -0.2) is 28.0 Å². The molecule has 0 saturated heterocycles. The van der Waals surface area contributed by atoms with Crippen molar-refractivity contribution in [2.24, 2.45) is 0 Å². The van der Waals surface area contributed by atoms with Crippen LogP contribution in [0.3, 0.4) is 0 Å².